The Morgan fingerprint density at radius 2 is 2.12 bits per heavy atom. The molecular weight excluding hydrogens is 330 g/mol. The highest BCUT2D eigenvalue weighted by atomic mass is 16.5. The van der Waals surface area contributed by atoms with Gasteiger partial charge in [0.25, 0.3) is 0 Å². The Labute approximate surface area is 153 Å². The molecule has 1 N–H and O–H groups in total. The van der Waals surface area contributed by atoms with E-state index >= 15 is 0 Å². The molecular formula is C20H25N3O3. The van der Waals surface area contributed by atoms with Crippen molar-refractivity contribution in [1.29, 1.82) is 0 Å². The first-order chi connectivity index (χ1) is 12.6. The summed E-state index contributed by atoms with van der Waals surface area (Å²) in [6.45, 7) is 3.95. The lowest BCUT2D eigenvalue weighted by Crippen LogP contribution is -2.48. The molecule has 6 nitrogen and oxygen atoms in total. The van der Waals surface area contributed by atoms with Gasteiger partial charge in [0.05, 0.1) is 24.9 Å². The minimum absolute atomic E-state index is 0.0232. The van der Waals surface area contributed by atoms with Gasteiger partial charge in [-0.1, -0.05) is 18.2 Å². The van der Waals surface area contributed by atoms with Gasteiger partial charge in [-0.15, -0.1) is 0 Å². The zero-order valence-electron chi connectivity index (χ0n) is 15.1. The Balaban J connectivity index is 1.46. The summed E-state index contributed by atoms with van der Waals surface area (Å²) in [7, 11) is 0. The molecule has 1 saturated heterocycles. The second-order valence-corrected chi connectivity index (χ2v) is 7.23. The fourth-order valence-electron chi connectivity index (χ4n) is 3.87. The van der Waals surface area contributed by atoms with Crippen LogP contribution in [0.1, 0.15) is 43.0 Å². The van der Waals surface area contributed by atoms with Crippen molar-refractivity contribution in [3.05, 3.63) is 47.8 Å². The topological polar surface area (TPSA) is 65.4 Å². The monoisotopic (exact) mass is 355 g/mol. The van der Waals surface area contributed by atoms with Crippen LogP contribution in [0.5, 0.6) is 5.75 Å². The van der Waals surface area contributed by atoms with Crippen molar-refractivity contribution in [2.75, 3.05) is 13.2 Å². The Morgan fingerprint density at radius 1 is 1.31 bits per heavy atom. The Kier molecular flexibility index (Phi) is 4.68. The molecule has 0 bridgehead atoms. The molecule has 2 aliphatic rings. The van der Waals surface area contributed by atoms with Crippen LogP contribution in [0, 0.1) is 6.92 Å². The van der Waals surface area contributed by atoms with Crippen LogP contribution >= 0.6 is 0 Å². The van der Waals surface area contributed by atoms with Crippen molar-refractivity contribution < 1.29 is 14.3 Å². The summed E-state index contributed by atoms with van der Waals surface area (Å²) in [4.78, 5) is 12.6. The maximum atomic E-state index is 12.6. The van der Waals surface area contributed by atoms with Crippen molar-refractivity contribution >= 4 is 5.91 Å². The normalized spacial score (nSPS) is 21.0. The molecule has 2 aliphatic heterocycles. The van der Waals surface area contributed by atoms with Gasteiger partial charge in [0, 0.05) is 44.0 Å². The summed E-state index contributed by atoms with van der Waals surface area (Å²) < 4.78 is 13.7. The number of nitrogens with zero attached hydrogens (tertiary/aromatic N) is 2. The van der Waals surface area contributed by atoms with Crippen LogP contribution in [0.4, 0.5) is 0 Å². The van der Waals surface area contributed by atoms with Crippen molar-refractivity contribution in [3.8, 4) is 5.75 Å². The van der Waals surface area contributed by atoms with Gasteiger partial charge in [-0.05, 0) is 19.1 Å². The third-order valence-corrected chi connectivity index (χ3v) is 5.28. The second-order valence-electron chi connectivity index (χ2n) is 7.23. The fourth-order valence-corrected chi connectivity index (χ4v) is 3.87. The van der Waals surface area contributed by atoms with Crippen LogP contribution in [0.15, 0.2) is 36.5 Å². The van der Waals surface area contributed by atoms with Gasteiger partial charge in [-0.25, -0.2) is 0 Å². The first-order valence-corrected chi connectivity index (χ1v) is 9.29. The maximum absolute atomic E-state index is 12.6. The molecule has 1 fully saturated rings. The zero-order valence-corrected chi connectivity index (χ0v) is 15.1. The van der Waals surface area contributed by atoms with Gasteiger partial charge >= 0.3 is 0 Å². The Morgan fingerprint density at radius 3 is 2.88 bits per heavy atom. The van der Waals surface area contributed by atoms with E-state index in [9.17, 15) is 4.79 Å². The molecule has 6 heteroatoms. The smallest absolute Gasteiger partial charge is 0.222 e. The summed E-state index contributed by atoms with van der Waals surface area (Å²) in [6, 6.07) is 9.94. The number of para-hydroxylation sites is 1. The number of hydrogen-bond donors (Lipinski definition) is 1. The largest absolute Gasteiger partial charge is 0.487 e. The number of ether oxygens (including phenoxy) is 2. The van der Waals surface area contributed by atoms with Crippen molar-refractivity contribution in [1.82, 2.24) is 15.1 Å². The predicted octanol–water partition coefficient (Wildman–Crippen LogP) is 2.77. The molecule has 0 radical (unpaired) electrons. The van der Waals surface area contributed by atoms with Gasteiger partial charge < -0.3 is 14.8 Å². The lowest BCUT2D eigenvalue weighted by atomic mass is 9.82. The van der Waals surface area contributed by atoms with Crippen LogP contribution in [0.2, 0.25) is 0 Å². The third-order valence-electron chi connectivity index (χ3n) is 5.28. The van der Waals surface area contributed by atoms with E-state index in [0.29, 0.717) is 26.2 Å². The first kappa shape index (κ1) is 17.1. The lowest BCUT2D eigenvalue weighted by molar-refractivity contribution is -0.123. The summed E-state index contributed by atoms with van der Waals surface area (Å²) in [5.74, 6) is 0.927. The van der Waals surface area contributed by atoms with Gasteiger partial charge in [0.1, 0.15) is 11.4 Å². The Hall–Kier alpha value is -2.34. The number of carbonyl (C=O) groups is 1. The van der Waals surface area contributed by atoms with E-state index in [2.05, 4.69) is 10.4 Å². The number of hydrogen-bond acceptors (Lipinski definition) is 4. The number of fused-ring (bicyclic) bond motifs is 1. The average molecular weight is 355 g/mol. The average Bonchev–Trinajstić information content (AvgIpc) is 3.06. The molecule has 3 heterocycles. The number of carbonyl (C=O) groups excluding carboxylic acids is 1. The van der Waals surface area contributed by atoms with Gasteiger partial charge in [-0.3, -0.25) is 9.48 Å². The summed E-state index contributed by atoms with van der Waals surface area (Å²) in [5.41, 5.74) is 1.79. The highest BCUT2D eigenvalue weighted by molar-refractivity contribution is 5.76. The number of aryl methyl sites for hydroxylation is 2. The Bertz CT molecular complexity index is 780. The van der Waals surface area contributed by atoms with Crippen LogP contribution in [-0.4, -0.2) is 34.5 Å². The van der Waals surface area contributed by atoms with E-state index in [-0.39, 0.29) is 17.6 Å². The minimum Gasteiger partial charge on any atom is -0.487 e. The van der Waals surface area contributed by atoms with E-state index in [1.165, 1.54) is 0 Å². The molecule has 1 atom stereocenters. The van der Waals surface area contributed by atoms with Crippen molar-refractivity contribution in [2.45, 2.75) is 50.8 Å². The van der Waals surface area contributed by atoms with Crippen LogP contribution in [0.3, 0.4) is 0 Å². The standard InChI is InChI=1S/C20H25N3O3/c1-15-6-10-23(22-15)11-7-19(24)21-17-14-20(8-12-25-13-9-20)26-18-5-3-2-4-16(17)18/h2-6,10,17H,7-9,11-14H2,1H3,(H,21,24)/t17-/m0/s1. The lowest BCUT2D eigenvalue weighted by Gasteiger charge is -2.44. The third kappa shape index (κ3) is 3.60. The number of rotatable bonds is 4. The summed E-state index contributed by atoms with van der Waals surface area (Å²) >= 11 is 0. The number of benzene rings is 1. The maximum Gasteiger partial charge on any atom is 0.222 e. The number of amides is 1. The van der Waals surface area contributed by atoms with Gasteiger partial charge in [0.15, 0.2) is 0 Å². The molecule has 1 amide bonds. The fraction of sp³-hybridized carbons (Fsp3) is 0.500. The second kappa shape index (κ2) is 7.11. The van der Waals surface area contributed by atoms with E-state index in [0.717, 1.165) is 36.3 Å². The molecule has 26 heavy (non-hydrogen) atoms. The van der Waals surface area contributed by atoms with E-state index in [1.807, 2.05) is 48.1 Å². The molecule has 1 aromatic heterocycles. The first-order valence-electron chi connectivity index (χ1n) is 9.29. The summed E-state index contributed by atoms with van der Waals surface area (Å²) in [5, 5.41) is 7.56. The SMILES string of the molecule is Cc1ccn(CCC(=O)N[C@H]2CC3(CCOCC3)Oc3ccccc32)n1. The molecule has 2 aromatic rings. The molecule has 0 aliphatic carbocycles. The van der Waals surface area contributed by atoms with Crippen molar-refractivity contribution in [3.63, 3.8) is 0 Å². The number of nitrogens with one attached hydrogen (secondary N) is 1. The molecule has 0 saturated carbocycles. The van der Waals surface area contributed by atoms with E-state index < -0.39 is 0 Å². The molecule has 4 rings (SSSR count). The highest BCUT2D eigenvalue weighted by Gasteiger charge is 2.42. The van der Waals surface area contributed by atoms with Crippen LogP contribution in [0.25, 0.3) is 0 Å². The van der Waals surface area contributed by atoms with Crippen molar-refractivity contribution in [2.24, 2.45) is 0 Å². The number of aromatic nitrogens is 2. The van der Waals surface area contributed by atoms with E-state index in [1.54, 1.807) is 0 Å². The predicted molar refractivity (Wildman–Crippen MR) is 96.9 cm³/mol. The summed E-state index contributed by atoms with van der Waals surface area (Å²) in [6.07, 6.45) is 4.83. The molecule has 138 valence electrons. The molecule has 1 aromatic carbocycles. The molecule has 0 unspecified atom stereocenters. The van der Waals surface area contributed by atoms with E-state index in [4.69, 9.17) is 9.47 Å². The minimum atomic E-state index is -0.232. The highest BCUT2D eigenvalue weighted by Crippen LogP contribution is 2.43. The van der Waals surface area contributed by atoms with Gasteiger partial charge in [0.2, 0.25) is 5.91 Å². The van der Waals surface area contributed by atoms with Crippen LogP contribution in [-0.2, 0) is 16.1 Å². The zero-order chi connectivity index (χ0) is 18.0. The molecule has 1 spiro atoms. The quantitative estimate of drug-likeness (QED) is 0.916. The van der Waals surface area contributed by atoms with Crippen LogP contribution < -0.4 is 10.1 Å². The van der Waals surface area contributed by atoms with Gasteiger partial charge in [-0.2, -0.15) is 5.10 Å².